The van der Waals surface area contributed by atoms with Crippen molar-refractivity contribution in [1.29, 1.82) is 0 Å². The standard InChI is InChI=1S/C18H26N4OS/c1-18(2,3)15-12-24-16(22-15)11-21-17(19-4)20-10-13-6-8-14(23-5)9-7-13/h6-9,12H,10-11H2,1-5H3,(H2,19,20,21). The lowest BCUT2D eigenvalue weighted by atomic mass is 9.93. The molecule has 1 aromatic heterocycles. The molecule has 0 aliphatic rings. The van der Waals surface area contributed by atoms with Gasteiger partial charge in [0.15, 0.2) is 5.96 Å². The number of nitrogens with zero attached hydrogens (tertiary/aromatic N) is 2. The fourth-order valence-electron chi connectivity index (χ4n) is 2.05. The van der Waals surface area contributed by atoms with Crippen molar-refractivity contribution >= 4 is 17.3 Å². The number of aromatic nitrogens is 1. The lowest BCUT2D eigenvalue weighted by molar-refractivity contribution is 0.414. The normalized spacial score (nSPS) is 12.1. The quantitative estimate of drug-likeness (QED) is 0.644. The van der Waals surface area contributed by atoms with E-state index >= 15 is 0 Å². The Balaban J connectivity index is 1.85. The highest BCUT2D eigenvalue weighted by Crippen LogP contribution is 2.23. The Morgan fingerprint density at radius 3 is 2.38 bits per heavy atom. The van der Waals surface area contributed by atoms with Gasteiger partial charge in [0.1, 0.15) is 10.8 Å². The number of nitrogens with one attached hydrogen (secondary N) is 2. The first-order valence-corrected chi connectivity index (χ1v) is 8.82. The molecular formula is C18H26N4OS. The van der Waals surface area contributed by atoms with Gasteiger partial charge in [0.25, 0.3) is 0 Å². The molecule has 0 spiro atoms. The third-order valence-electron chi connectivity index (χ3n) is 3.57. The number of aliphatic imine (C=N–C) groups is 1. The lowest BCUT2D eigenvalue weighted by Gasteiger charge is -2.14. The SMILES string of the molecule is CN=C(NCc1ccc(OC)cc1)NCc1nc(C(C)(C)C)cs1. The van der Waals surface area contributed by atoms with E-state index in [1.807, 2.05) is 24.3 Å². The van der Waals surface area contributed by atoms with E-state index in [9.17, 15) is 0 Å². The van der Waals surface area contributed by atoms with Crippen LogP contribution in [-0.2, 0) is 18.5 Å². The molecule has 5 nitrogen and oxygen atoms in total. The van der Waals surface area contributed by atoms with Crippen LogP contribution in [-0.4, -0.2) is 25.1 Å². The van der Waals surface area contributed by atoms with Gasteiger partial charge in [-0.1, -0.05) is 32.9 Å². The van der Waals surface area contributed by atoms with Crippen molar-refractivity contribution in [3.05, 3.63) is 45.9 Å². The molecule has 1 aromatic carbocycles. The number of rotatable bonds is 5. The molecule has 0 aliphatic heterocycles. The smallest absolute Gasteiger partial charge is 0.191 e. The van der Waals surface area contributed by atoms with Crippen LogP contribution in [0.5, 0.6) is 5.75 Å². The summed E-state index contributed by atoms with van der Waals surface area (Å²) in [6.07, 6.45) is 0. The fourth-order valence-corrected chi connectivity index (χ4v) is 3.01. The summed E-state index contributed by atoms with van der Waals surface area (Å²) in [4.78, 5) is 8.94. The summed E-state index contributed by atoms with van der Waals surface area (Å²) < 4.78 is 5.17. The molecule has 0 radical (unpaired) electrons. The molecule has 0 bridgehead atoms. The maximum Gasteiger partial charge on any atom is 0.191 e. The zero-order chi connectivity index (χ0) is 17.6. The van der Waals surface area contributed by atoms with Crippen molar-refractivity contribution in [3.63, 3.8) is 0 Å². The number of hydrogen-bond acceptors (Lipinski definition) is 4. The summed E-state index contributed by atoms with van der Waals surface area (Å²) in [5, 5.41) is 9.80. The van der Waals surface area contributed by atoms with E-state index in [-0.39, 0.29) is 5.41 Å². The van der Waals surface area contributed by atoms with Crippen molar-refractivity contribution < 1.29 is 4.74 Å². The number of guanidine groups is 1. The van der Waals surface area contributed by atoms with Crippen LogP contribution in [0.2, 0.25) is 0 Å². The van der Waals surface area contributed by atoms with Crippen molar-refractivity contribution in [2.45, 2.75) is 39.3 Å². The first-order chi connectivity index (χ1) is 11.4. The summed E-state index contributed by atoms with van der Waals surface area (Å²) in [5.41, 5.74) is 2.39. The minimum Gasteiger partial charge on any atom is -0.497 e. The first kappa shape index (κ1) is 18.3. The maximum absolute atomic E-state index is 5.17. The largest absolute Gasteiger partial charge is 0.497 e. The second-order valence-corrected chi connectivity index (χ2v) is 7.45. The van der Waals surface area contributed by atoms with E-state index in [4.69, 9.17) is 4.74 Å². The molecule has 0 saturated heterocycles. The molecule has 2 N–H and O–H groups in total. The Kier molecular flexibility index (Phi) is 6.20. The minimum atomic E-state index is 0.0864. The second kappa shape index (κ2) is 8.15. The molecule has 2 rings (SSSR count). The van der Waals surface area contributed by atoms with Crippen molar-refractivity contribution in [2.75, 3.05) is 14.2 Å². The molecule has 24 heavy (non-hydrogen) atoms. The number of benzene rings is 1. The number of ether oxygens (including phenoxy) is 1. The Hall–Kier alpha value is -2.08. The third kappa shape index (κ3) is 5.23. The molecule has 1 heterocycles. The molecule has 2 aromatic rings. The Morgan fingerprint density at radius 2 is 1.83 bits per heavy atom. The van der Waals surface area contributed by atoms with Crippen molar-refractivity contribution in [3.8, 4) is 5.75 Å². The Labute approximate surface area is 148 Å². The summed E-state index contributed by atoms with van der Waals surface area (Å²) in [6.45, 7) is 7.90. The van der Waals surface area contributed by atoms with Gasteiger partial charge in [-0.15, -0.1) is 11.3 Å². The highest BCUT2D eigenvalue weighted by molar-refractivity contribution is 7.09. The van der Waals surface area contributed by atoms with Gasteiger partial charge in [-0.25, -0.2) is 4.98 Å². The fraction of sp³-hybridized carbons (Fsp3) is 0.444. The first-order valence-electron chi connectivity index (χ1n) is 7.94. The molecule has 130 valence electrons. The summed E-state index contributed by atoms with van der Waals surface area (Å²) in [5.74, 6) is 1.62. The molecular weight excluding hydrogens is 320 g/mol. The zero-order valence-corrected chi connectivity index (χ0v) is 15.8. The second-order valence-electron chi connectivity index (χ2n) is 6.50. The van der Waals surface area contributed by atoms with E-state index in [1.54, 1.807) is 25.5 Å². The Morgan fingerprint density at radius 1 is 1.17 bits per heavy atom. The molecule has 0 saturated carbocycles. The zero-order valence-electron chi connectivity index (χ0n) is 15.0. The van der Waals surface area contributed by atoms with E-state index < -0.39 is 0 Å². The van der Waals surface area contributed by atoms with E-state index in [2.05, 4.69) is 46.8 Å². The average molecular weight is 347 g/mol. The Bertz CT molecular complexity index is 671. The molecule has 0 fully saturated rings. The number of thiazole rings is 1. The average Bonchev–Trinajstić information content (AvgIpc) is 3.05. The van der Waals surface area contributed by atoms with Crippen molar-refractivity contribution in [1.82, 2.24) is 15.6 Å². The van der Waals surface area contributed by atoms with Crippen LogP contribution in [0.4, 0.5) is 0 Å². The van der Waals surface area contributed by atoms with E-state index in [1.165, 1.54) is 5.56 Å². The van der Waals surface area contributed by atoms with Gasteiger partial charge in [0.2, 0.25) is 0 Å². The van der Waals surface area contributed by atoms with Crippen LogP contribution in [0.3, 0.4) is 0 Å². The van der Waals surface area contributed by atoms with Gasteiger partial charge in [-0.05, 0) is 17.7 Å². The molecule has 0 amide bonds. The highest BCUT2D eigenvalue weighted by atomic mass is 32.1. The summed E-state index contributed by atoms with van der Waals surface area (Å²) in [6, 6.07) is 7.98. The lowest BCUT2D eigenvalue weighted by Crippen LogP contribution is -2.36. The predicted octanol–water partition coefficient (Wildman–Crippen LogP) is 3.31. The molecule has 0 aliphatic carbocycles. The van der Waals surface area contributed by atoms with Crippen LogP contribution in [0.25, 0.3) is 0 Å². The predicted molar refractivity (Wildman–Crippen MR) is 101 cm³/mol. The van der Waals surface area contributed by atoms with Gasteiger partial charge < -0.3 is 15.4 Å². The topological polar surface area (TPSA) is 58.5 Å². The van der Waals surface area contributed by atoms with Gasteiger partial charge in [-0.2, -0.15) is 0 Å². The van der Waals surface area contributed by atoms with E-state index in [0.717, 1.165) is 22.4 Å². The van der Waals surface area contributed by atoms with Crippen LogP contribution >= 0.6 is 11.3 Å². The minimum absolute atomic E-state index is 0.0864. The maximum atomic E-state index is 5.17. The van der Waals surface area contributed by atoms with Crippen molar-refractivity contribution in [2.24, 2.45) is 4.99 Å². The van der Waals surface area contributed by atoms with Crippen LogP contribution in [0.15, 0.2) is 34.6 Å². The summed E-state index contributed by atoms with van der Waals surface area (Å²) in [7, 11) is 3.44. The monoisotopic (exact) mass is 346 g/mol. The van der Waals surface area contributed by atoms with Gasteiger partial charge in [-0.3, -0.25) is 4.99 Å². The van der Waals surface area contributed by atoms with Crippen LogP contribution < -0.4 is 15.4 Å². The number of hydrogen-bond donors (Lipinski definition) is 2. The third-order valence-corrected chi connectivity index (χ3v) is 4.42. The summed E-state index contributed by atoms with van der Waals surface area (Å²) >= 11 is 1.68. The number of methoxy groups -OCH3 is 1. The van der Waals surface area contributed by atoms with E-state index in [0.29, 0.717) is 13.1 Å². The van der Waals surface area contributed by atoms with Gasteiger partial charge in [0.05, 0.1) is 19.3 Å². The van der Waals surface area contributed by atoms with Crippen LogP contribution in [0.1, 0.15) is 37.0 Å². The van der Waals surface area contributed by atoms with Crippen LogP contribution in [0, 0.1) is 0 Å². The highest BCUT2D eigenvalue weighted by Gasteiger charge is 2.17. The molecule has 0 unspecified atom stereocenters. The molecule has 6 heteroatoms. The molecule has 0 atom stereocenters. The van der Waals surface area contributed by atoms with Gasteiger partial charge >= 0.3 is 0 Å². The van der Waals surface area contributed by atoms with Gasteiger partial charge in [0, 0.05) is 24.4 Å².